The van der Waals surface area contributed by atoms with E-state index in [4.69, 9.17) is 11.6 Å². The maximum absolute atomic E-state index is 13.4. The molecule has 1 heterocycles. The summed E-state index contributed by atoms with van der Waals surface area (Å²) < 4.78 is 0. The Hall–Kier alpha value is -3.57. The van der Waals surface area contributed by atoms with Crippen LogP contribution in [-0.2, 0) is 9.59 Å². The molecule has 3 aromatic carbocycles. The quantitative estimate of drug-likeness (QED) is 0.482. The molecule has 0 radical (unpaired) electrons. The van der Waals surface area contributed by atoms with Crippen molar-refractivity contribution < 1.29 is 9.59 Å². The van der Waals surface area contributed by atoms with Crippen LogP contribution in [0.3, 0.4) is 0 Å². The lowest BCUT2D eigenvalue weighted by Crippen LogP contribution is -2.32. The Balaban J connectivity index is 1.74. The van der Waals surface area contributed by atoms with Crippen LogP contribution in [0.2, 0.25) is 5.02 Å². The molecule has 5 nitrogen and oxygen atoms in total. The van der Waals surface area contributed by atoms with E-state index in [0.29, 0.717) is 21.8 Å². The first-order chi connectivity index (χ1) is 15.5. The molecule has 0 spiro atoms. The molecule has 32 heavy (non-hydrogen) atoms. The number of amides is 2. The first-order valence-electron chi connectivity index (χ1n) is 10.6. The van der Waals surface area contributed by atoms with Crippen molar-refractivity contribution in [2.24, 2.45) is 0 Å². The second kappa shape index (κ2) is 9.28. The van der Waals surface area contributed by atoms with Crippen molar-refractivity contribution in [3.63, 3.8) is 0 Å². The summed E-state index contributed by atoms with van der Waals surface area (Å²) in [5.41, 5.74) is 3.42. The van der Waals surface area contributed by atoms with Gasteiger partial charge in [-0.15, -0.1) is 0 Å². The van der Waals surface area contributed by atoms with Gasteiger partial charge in [0, 0.05) is 24.5 Å². The number of carbonyl (C=O) groups excluding carboxylic acids is 2. The highest BCUT2D eigenvalue weighted by atomic mass is 35.5. The van der Waals surface area contributed by atoms with E-state index < -0.39 is 11.8 Å². The first-order valence-corrected chi connectivity index (χ1v) is 11.0. The smallest absolute Gasteiger partial charge is 0.282 e. The number of para-hydroxylation sites is 1. The summed E-state index contributed by atoms with van der Waals surface area (Å²) >= 11 is 6.32. The fourth-order valence-electron chi connectivity index (χ4n) is 3.86. The van der Waals surface area contributed by atoms with Gasteiger partial charge in [0.15, 0.2) is 0 Å². The summed E-state index contributed by atoms with van der Waals surface area (Å²) in [6, 6.07) is 23.9. The molecule has 0 aromatic heterocycles. The first kappa shape index (κ1) is 21.7. The maximum Gasteiger partial charge on any atom is 0.282 e. The molecule has 0 saturated carbocycles. The highest BCUT2D eigenvalue weighted by Crippen LogP contribution is 2.36. The van der Waals surface area contributed by atoms with Crippen molar-refractivity contribution in [1.82, 2.24) is 0 Å². The van der Waals surface area contributed by atoms with Crippen molar-refractivity contribution in [2.45, 2.75) is 13.8 Å². The summed E-state index contributed by atoms with van der Waals surface area (Å²) in [5, 5.41) is 3.54. The molecule has 4 rings (SSSR count). The number of nitrogens with one attached hydrogen (secondary N) is 1. The van der Waals surface area contributed by atoms with Crippen LogP contribution < -0.4 is 15.1 Å². The van der Waals surface area contributed by atoms with Gasteiger partial charge >= 0.3 is 0 Å². The van der Waals surface area contributed by atoms with E-state index in [1.54, 1.807) is 24.3 Å². The Morgan fingerprint density at radius 1 is 0.812 bits per heavy atom. The van der Waals surface area contributed by atoms with E-state index in [1.807, 2.05) is 54.6 Å². The molecule has 0 aliphatic carbocycles. The van der Waals surface area contributed by atoms with Gasteiger partial charge < -0.3 is 10.2 Å². The van der Waals surface area contributed by atoms with E-state index in [2.05, 4.69) is 24.1 Å². The molecule has 1 aliphatic rings. The van der Waals surface area contributed by atoms with Crippen LogP contribution in [0.25, 0.3) is 5.57 Å². The molecular formula is C26H24ClN3O2. The minimum Gasteiger partial charge on any atom is -0.372 e. The number of nitrogens with zero attached hydrogens (tertiary/aromatic N) is 2. The monoisotopic (exact) mass is 445 g/mol. The average Bonchev–Trinajstić information content (AvgIpc) is 3.06. The molecular weight excluding hydrogens is 422 g/mol. The van der Waals surface area contributed by atoms with Crippen molar-refractivity contribution in [3.05, 3.63) is 95.1 Å². The largest absolute Gasteiger partial charge is 0.372 e. The van der Waals surface area contributed by atoms with Crippen LogP contribution in [0.1, 0.15) is 19.4 Å². The predicted octanol–water partition coefficient (Wildman–Crippen LogP) is 5.58. The third-order valence-electron chi connectivity index (χ3n) is 5.50. The third kappa shape index (κ3) is 3.99. The van der Waals surface area contributed by atoms with Crippen LogP contribution in [-0.4, -0.2) is 24.9 Å². The third-order valence-corrected chi connectivity index (χ3v) is 5.82. The molecule has 0 atom stereocenters. The van der Waals surface area contributed by atoms with Gasteiger partial charge in [-0.25, -0.2) is 4.90 Å². The van der Waals surface area contributed by atoms with Crippen LogP contribution in [0.15, 0.2) is 84.6 Å². The van der Waals surface area contributed by atoms with Crippen molar-refractivity contribution >= 4 is 46.1 Å². The molecule has 0 fully saturated rings. The molecule has 1 aliphatic heterocycles. The molecule has 162 valence electrons. The zero-order valence-electron chi connectivity index (χ0n) is 18.0. The molecule has 1 N–H and O–H groups in total. The van der Waals surface area contributed by atoms with Crippen molar-refractivity contribution in [2.75, 3.05) is 28.2 Å². The fourth-order valence-corrected chi connectivity index (χ4v) is 4.08. The standard InChI is InChI=1S/C26H24ClN3O2/c1-3-29(4-2)20-16-14-19(15-17-20)28-24-23(18-10-6-5-7-11-18)25(31)30(26(24)32)22-13-9-8-12-21(22)27/h5-17,28H,3-4H2,1-2H3. The summed E-state index contributed by atoms with van der Waals surface area (Å²) in [5.74, 6) is -0.841. The second-order valence-corrected chi connectivity index (χ2v) is 7.76. The number of hydrogen-bond acceptors (Lipinski definition) is 4. The summed E-state index contributed by atoms with van der Waals surface area (Å²) in [6.07, 6.45) is 0. The highest BCUT2D eigenvalue weighted by Gasteiger charge is 2.40. The van der Waals surface area contributed by atoms with E-state index in [0.717, 1.165) is 29.4 Å². The number of benzene rings is 3. The highest BCUT2D eigenvalue weighted by molar-refractivity contribution is 6.48. The zero-order chi connectivity index (χ0) is 22.7. The Bertz CT molecular complexity index is 1170. The molecule has 0 unspecified atom stereocenters. The van der Waals surface area contributed by atoms with Crippen LogP contribution in [0.4, 0.5) is 17.1 Å². The van der Waals surface area contributed by atoms with Gasteiger partial charge in [0.05, 0.1) is 16.3 Å². The molecule has 3 aromatic rings. The predicted molar refractivity (Wildman–Crippen MR) is 131 cm³/mol. The van der Waals surface area contributed by atoms with Crippen LogP contribution in [0.5, 0.6) is 0 Å². The van der Waals surface area contributed by atoms with Crippen LogP contribution in [0, 0.1) is 0 Å². The number of rotatable bonds is 7. The average molecular weight is 446 g/mol. The molecule has 6 heteroatoms. The normalized spacial score (nSPS) is 13.7. The Morgan fingerprint density at radius 2 is 1.44 bits per heavy atom. The number of hydrogen-bond donors (Lipinski definition) is 1. The Kier molecular flexibility index (Phi) is 6.28. The SMILES string of the molecule is CCN(CC)c1ccc(NC2=C(c3ccccc3)C(=O)N(c3ccccc3Cl)C2=O)cc1. The van der Waals surface area contributed by atoms with Gasteiger partial charge in [-0.2, -0.15) is 0 Å². The lowest BCUT2D eigenvalue weighted by molar-refractivity contribution is -0.120. The van der Waals surface area contributed by atoms with Gasteiger partial charge in [0.2, 0.25) is 0 Å². The van der Waals surface area contributed by atoms with Gasteiger partial charge in [-0.1, -0.05) is 54.1 Å². The summed E-state index contributed by atoms with van der Waals surface area (Å²) in [6.45, 7) is 6.04. The molecule has 0 saturated heterocycles. The summed E-state index contributed by atoms with van der Waals surface area (Å²) in [4.78, 5) is 30.2. The van der Waals surface area contributed by atoms with E-state index in [-0.39, 0.29) is 5.70 Å². The maximum atomic E-state index is 13.4. The van der Waals surface area contributed by atoms with E-state index >= 15 is 0 Å². The van der Waals surface area contributed by atoms with E-state index in [1.165, 1.54) is 0 Å². The molecule has 2 amide bonds. The topological polar surface area (TPSA) is 52.7 Å². The van der Waals surface area contributed by atoms with Gasteiger partial charge in [-0.3, -0.25) is 9.59 Å². The lowest BCUT2D eigenvalue weighted by Gasteiger charge is -2.21. The summed E-state index contributed by atoms with van der Waals surface area (Å²) in [7, 11) is 0. The number of anilines is 3. The van der Waals surface area contributed by atoms with Gasteiger partial charge in [0.25, 0.3) is 11.8 Å². The Morgan fingerprint density at radius 3 is 2.06 bits per heavy atom. The van der Waals surface area contributed by atoms with Gasteiger partial charge in [0.1, 0.15) is 5.70 Å². The lowest BCUT2D eigenvalue weighted by atomic mass is 10.0. The zero-order valence-corrected chi connectivity index (χ0v) is 18.8. The Labute approximate surface area is 192 Å². The number of imide groups is 1. The van der Waals surface area contributed by atoms with Crippen molar-refractivity contribution in [1.29, 1.82) is 0 Å². The number of halogens is 1. The molecule has 0 bridgehead atoms. The number of carbonyl (C=O) groups is 2. The second-order valence-electron chi connectivity index (χ2n) is 7.36. The fraction of sp³-hybridized carbons (Fsp3) is 0.154. The van der Waals surface area contributed by atoms with Gasteiger partial charge in [-0.05, 0) is 55.8 Å². The van der Waals surface area contributed by atoms with Crippen molar-refractivity contribution in [3.8, 4) is 0 Å². The van der Waals surface area contributed by atoms with Crippen LogP contribution >= 0.6 is 11.6 Å². The minimum absolute atomic E-state index is 0.233. The van der Waals surface area contributed by atoms with E-state index in [9.17, 15) is 9.59 Å². The minimum atomic E-state index is -0.435.